The van der Waals surface area contributed by atoms with E-state index >= 15 is 0 Å². The molecule has 1 aliphatic rings. The average molecular weight is 313 g/mol. The number of thioether (sulfide) groups is 1. The number of anilines is 2. The Morgan fingerprint density at radius 2 is 1.95 bits per heavy atom. The van der Waals surface area contributed by atoms with E-state index in [0.29, 0.717) is 16.5 Å². The van der Waals surface area contributed by atoms with Crippen LogP contribution in [0, 0.1) is 0 Å². The van der Waals surface area contributed by atoms with E-state index < -0.39 is 5.91 Å². The van der Waals surface area contributed by atoms with Crippen LogP contribution in [0.5, 0.6) is 0 Å². The van der Waals surface area contributed by atoms with Gasteiger partial charge in [0.1, 0.15) is 0 Å². The zero-order valence-corrected chi connectivity index (χ0v) is 12.4. The molecule has 8 heteroatoms. The molecule has 22 heavy (non-hydrogen) atoms. The molecule has 0 saturated carbocycles. The topological polar surface area (TPSA) is 88.1 Å². The van der Waals surface area contributed by atoms with E-state index in [4.69, 9.17) is 0 Å². The summed E-state index contributed by atoms with van der Waals surface area (Å²) in [6.07, 6.45) is 6.54. The van der Waals surface area contributed by atoms with Gasteiger partial charge in [0.25, 0.3) is 11.1 Å². The van der Waals surface area contributed by atoms with Crippen LogP contribution < -0.4 is 10.2 Å². The number of carbonyl (C=O) groups is 2. The number of rotatable bonds is 3. The summed E-state index contributed by atoms with van der Waals surface area (Å²) >= 11 is 0.858. The van der Waals surface area contributed by atoms with Gasteiger partial charge in [-0.15, -0.1) is 0 Å². The predicted molar refractivity (Wildman–Crippen MR) is 83.4 cm³/mol. The molecule has 110 valence electrons. The predicted octanol–water partition coefficient (Wildman–Crippen LogP) is 1.96. The standard InChI is InChI=1S/C14H11N5O2S/c1-19(10-3-5-15-6-4-10)13-16-7-2-9(17-13)8-11-12(20)18-14(21)22-11/h2-8H,1H3,(H,18,20,21). The van der Waals surface area contributed by atoms with Crippen molar-refractivity contribution in [3.8, 4) is 0 Å². The Balaban J connectivity index is 1.89. The van der Waals surface area contributed by atoms with Gasteiger partial charge >= 0.3 is 0 Å². The van der Waals surface area contributed by atoms with Gasteiger partial charge in [0, 0.05) is 31.3 Å². The first-order chi connectivity index (χ1) is 10.6. The number of amides is 2. The minimum atomic E-state index is -0.405. The number of aromatic nitrogens is 3. The van der Waals surface area contributed by atoms with E-state index in [1.165, 1.54) is 0 Å². The van der Waals surface area contributed by atoms with Crippen molar-refractivity contribution >= 4 is 40.6 Å². The monoisotopic (exact) mass is 313 g/mol. The Hall–Kier alpha value is -2.74. The van der Waals surface area contributed by atoms with Crippen molar-refractivity contribution in [2.45, 2.75) is 0 Å². The second-order valence-electron chi connectivity index (χ2n) is 4.40. The number of imide groups is 1. The Morgan fingerprint density at radius 3 is 2.64 bits per heavy atom. The molecule has 2 aromatic rings. The summed E-state index contributed by atoms with van der Waals surface area (Å²) in [4.78, 5) is 37.4. The highest BCUT2D eigenvalue weighted by atomic mass is 32.2. The van der Waals surface area contributed by atoms with Gasteiger partial charge in [0.05, 0.1) is 10.6 Å². The third kappa shape index (κ3) is 2.96. The van der Waals surface area contributed by atoms with Crippen LogP contribution in [0.1, 0.15) is 5.69 Å². The highest BCUT2D eigenvalue weighted by molar-refractivity contribution is 8.18. The zero-order chi connectivity index (χ0) is 15.5. The first-order valence-electron chi connectivity index (χ1n) is 6.35. The van der Waals surface area contributed by atoms with Crippen LogP contribution in [0.25, 0.3) is 6.08 Å². The van der Waals surface area contributed by atoms with Crippen LogP contribution in [0.4, 0.5) is 16.4 Å². The van der Waals surface area contributed by atoms with Gasteiger partial charge in [-0.25, -0.2) is 9.97 Å². The van der Waals surface area contributed by atoms with Crippen molar-refractivity contribution < 1.29 is 9.59 Å². The molecule has 2 aromatic heterocycles. The van der Waals surface area contributed by atoms with E-state index in [0.717, 1.165) is 17.4 Å². The molecule has 1 fully saturated rings. The molecular weight excluding hydrogens is 302 g/mol. The van der Waals surface area contributed by atoms with Crippen LogP contribution in [0.15, 0.2) is 41.7 Å². The molecule has 1 saturated heterocycles. The van der Waals surface area contributed by atoms with Crippen LogP contribution in [-0.2, 0) is 4.79 Å². The molecular formula is C14H11N5O2S. The molecule has 7 nitrogen and oxygen atoms in total. The first-order valence-corrected chi connectivity index (χ1v) is 7.17. The molecule has 0 aliphatic carbocycles. The number of pyridine rings is 1. The maximum absolute atomic E-state index is 11.5. The van der Waals surface area contributed by atoms with Gasteiger partial charge in [-0.05, 0) is 36.0 Å². The smallest absolute Gasteiger partial charge is 0.290 e. The summed E-state index contributed by atoms with van der Waals surface area (Å²) in [5.41, 5.74) is 1.45. The molecule has 0 atom stereocenters. The van der Waals surface area contributed by atoms with E-state index in [1.54, 1.807) is 35.6 Å². The molecule has 1 N–H and O–H groups in total. The maximum atomic E-state index is 11.5. The van der Waals surface area contributed by atoms with Crippen molar-refractivity contribution in [1.29, 1.82) is 0 Å². The van der Waals surface area contributed by atoms with Gasteiger partial charge in [-0.2, -0.15) is 0 Å². The highest BCUT2D eigenvalue weighted by Crippen LogP contribution is 2.25. The fourth-order valence-corrected chi connectivity index (χ4v) is 2.51. The summed E-state index contributed by atoms with van der Waals surface area (Å²) in [7, 11) is 1.84. The van der Waals surface area contributed by atoms with E-state index in [1.807, 2.05) is 19.2 Å². The lowest BCUT2D eigenvalue weighted by Gasteiger charge is -2.16. The van der Waals surface area contributed by atoms with Gasteiger partial charge in [-0.3, -0.25) is 19.9 Å². The summed E-state index contributed by atoms with van der Waals surface area (Å²) in [6.45, 7) is 0. The Labute approximate surface area is 130 Å². The van der Waals surface area contributed by atoms with Crippen LogP contribution >= 0.6 is 11.8 Å². The fourth-order valence-electron chi connectivity index (χ4n) is 1.84. The number of hydrogen-bond donors (Lipinski definition) is 1. The van der Waals surface area contributed by atoms with Crippen molar-refractivity contribution in [2.75, 3.05) is 11.9 Å². The molecule has 0 bridgehead atoms. The summed E-state index contributed by atoms with van der Waals surface area (Å²) in [5, 5.41) is 1.83. The molecule has 0 unspecified atom stereocenters. The average Bonchev–Trinajstić information content (AvgIpc) is 2.85. The van der Waals surface area contributed by atoms with Gasteiger partial charge < -0.3 is 4.90 Å². The SMILES string of the molecule is CN(c1ccncc1)c1nccc(C=C2SC(=O)NC2=O)n1. The second-order valence-corrected chi connectivity index (χ2v) is 5.41. The molecule has 2 amide bonds. The third-order valence-corrected chi connectivity index (χ3v) is 3.75. The van der Waals surface area contributed by atoms with Crippen LogP contribution in [0.2, 0.25) is 0 Å². The fraction of sp³-hybridized carbons (Fsp3) is 0.0714. The van der Waals surface area contributed by atoms with Gasteiger partial charge in [0.2, 0.25) is 5.95 Å². The van der Waals surface area contributed by atoms with Crippen molar-refractivity contribution in [3.05, 3.63) is 47.4 Å². The lowest BCUT2D eigenvalue weighted by Crippen LogP contribution is -2.17. The third-order valence-electron chi connectivity index (χ3n) is 2.94. The minimum Gasteiger partial charge on any atom is -0.313 e. The van der Waals surface area contributed by atoms with Crippen molar-refractivity contribution in [1.82, 2.24) is 20.3 Å². The highest BCUT2D eigenvalue weighted by Gasteiger charge is 2.25. The van der Waals surface area contributed by atoms with Crippen LogP contribution in [-0.4, -0.2) is 33.1 Å². The van der Waals surface area contributed by atoms with Crippen molar-refractivity contribution in [2.24, 2.45) is 0 Å². The summed E-state index contributed by atoms with van der Waals surface area (Å²) < 4.78 is 0. The Bertz CT molecular complexity index is 763. The maximum Gasteiger partial charge on any atom is 0.290 e. The quantitative estimate of drug-likeness (QED) is 0.866. The Morgan fingerprint density at radius 1 is 1.18 bits per heavy atom. The van der Waals surface area contributed by atoms with Crippen LogP contribution in [0.3, 0.4) is 0 Å². The summed E-state index contributed by atoms with van der Waals surface area (Å²) in [6, 6.07) is 5.36. The van der Waals surface area contributed by atoms with Gasteiger partial charge in [-0.1, -0.05) is 0 Å². The number of carbonyl (C=O) groups excluding carboxylic acids is 2. The van der Waals surface area contributed by atoms with E-state index in [-0.39, 0.29) is 5.24 Å². The van der Waals surface area contributed by atoms with E-state index in [9.17, 15) is 9.59 Å². The lowest BCUT2D eigenvalue weighted by atomic mass is 10.3. The Kier molecular flexibility index (Phi) is 3.84. The number of hydrogen-bond acceptors (Lipinski definition) is 7. The molecule has 0 aromatic carbocycles. The minimum absolute atomic E-state index is 0.321. The number of nitrogens with zero attached hydrogens (tertiary/aromatic N) is 4. The lowest BCUT2D eigenvalue weighted by molar-refractivity contribution is -0.115. The number of nitrogens with one attached hydrogen (secondary N) is 1. The summed E-state index contributed by atoms with van der Waals surface area (Å²) in [5.74, 6) is 0.0768. The molecule has 3 heterocycles. The molecule has 0 radical (unpaired) electrons. The first kappa shape index (κ1) is 14.2. The molecule has 1 aliphatic heterocycles. The second kappa shape index (κ2) is 5.94. The van der Waals surface area contributed by atoms with E-state index in [2.05, 4.69) is 20.3 Å². The normalized spacial score (nSPS) is 16.0. The molecule has 0 spiro atoms. The largest absolute Gasteiger partial charge is 0.313 e. The zero-order valence-electron chi connectivity index (χ0n) is 11.6. The molecule has 3 rings (SSSR count). The van der Waals surface area contributed by atoms with Crippen molar-refractivity contribution in [3.63, 3.8) is 0 Å². The van der Waals surface area contributed by atoms with Gasteiger partial charge in [0.15, 0.2) is 0 Å².